The van der Waals surface area contributed by atoms with Gasteiger partial charge in [-0.3, -0.25) is 9.52 Å². The average molecular weight is 459 g/mol. The van der Waals surface area contributed by atoms with E-state index in [4.69, 9.17) is 0 Å². The van der Waals surface area contributed by atoms with Crippen molar-refractivity contribution in [2.24, 2.45) is 0 Å². The smallest absolute Gasteiger partial charge is 0.262 e. The van der Waals surface area contributed by atoms with E-state index >= 15 is 0 Å². The molecular weight excluding hydrogens is 424 g/mol. The maximum Gasteiger partial charge on any atom is 0.262 e. The van der Waals surface area contributed by atoms with Crippen molar-refractivity contribution in [3.05, 3.63) is 52.6 Å². The van der Waals surface area contributed by atoms with E-state index in [1.807, 2.05) is 52.8 Å². The van der Waals surface area contributed by atoms with Crippen molar-refractivity contribution in [1.82, 2.24) is 10.6 Å². The van der Waals surface area contributed by atoms with E-state index < -0.39 is 10.0 Å². The van der Waals surface area contributed by atoms with E-state index in [1.54, 1.807) is 12.1 Å². The van der Waals surface area contributed by atoms with E-state index in [-0.39, 0.29) is 16.8 Å². The largest absolute Gasteiger partial charge is 0.367 e. The zero-order valence-electron chi connectivity index (χ0n) is 19.6. The van der Waals surface area contributed by atoms with Crippen LogP contribution in [0.1, 0.15) is 47.3 Å². The Kier molecular flexibility index (Phi) is 7.46. The molecule has 0 aliphatic carbocycles. The Labute approximate surface area is 191 Å². The Morgan fingerprint density at radius 1 is 1.09 bits per heavy atom. The molecule has 2 aromatic rings. The zero-order valence-corrected chi connectivity index (χ0v) is 20.4. The van der Waals surface area contributed by atoms with Crippen LogP contribution < -0.4 is 20.3 Å². The Morgan fingerprint density at radius 3 is 2.31 bits per heavy atom. The van der Waals surface area contributed by atoms with Gasteiger partial charge in [0, 0.05) is 37.8 Å². The number of hydrogen-bond acceptors (Lipinski definition) is 5. The van der Waals surface area contributed by atoms with Crippen molar-refractivity contribution in [2.75, 3.05) is 35.8 Å². The molecule has 1 aliphatic rings. The van der Waals surface area contributed by atoms with Gasteiger partial charge in [-0.05, 0) is 63.4 Å². The first-order valence-corrected chi connectivity index (χ1v) is 12.6. The van der Waals surface area contributed by atoms with Gasteiger partial charge in [0.25, 0.3) is 15.9 Å². The molecule has 0 bridgehead atoms. The molecule has 7 nitrogen and oxygen atoms in total. The molecule has 0 spiro atoms. The Morgan fingerprint density at radius 2 is 1.72 bits per heavy atom. The number of aryl methyl sites for hydroxylation is 3. The van der Waals surface area contributed by atoms with Crippen LogP contribution in [0.25, 0.3) is 0 Å². The fourth-order valence-corrected chi connectivity index (χ4v) is 5.66. The van der Waals surface area contributed by atoms with Gasteiger partial charge in [0.05, 0.1) is 16.3 Å². The average Bonchev–Trinajstić information content (AvgIpc) is 2.72. The third-order valence-corrected chi connectivity index (χ3v) is 7.49. The Hall–Kier alpha value is -2.58. The SMILES string of the molecule is CC[C@H](C)NC(=O)c1ccc(N2CCNCC2)c(NS(=O)(=O)c2c(C)cc(C)cc2C)c1. The highest BCUT2D eigenvalue weighted by atomic mass is 32.2. The number of carbonyl (C=O) groups excluding carboxylic acids is 1. The minimum absolute atomic E-state index is 0.0355. The lowest BCUT2D eigenvalue weighted by atomic mass is 10.1. The van der Waals surface area contributed by atoms with Gasteiger partial charge in [0.15, 0.2) is 0 Å². The number of amides is 1. The predicted molar refractivity (Wildman–Crippen MR) is 130 cm³/mol. The highest BCUT2D eigenvalue weighted by Gasteiger charge is 2.24. The van der Waals surface area contributed by atoms with Gasteiger partial charge in [0.2, 0.25) is 0 Å². The predicted octanol–water partition coefficient (Wildman–Crippen LogP) is 3.35. The Balaban J connectivity index is 2.03. The molecule has 1 saturated heterocycles. The minimum Gasteiger partial charge on any atom is -0.367 e. The Bertz CT molecular complexity index is 1070. The highest BCUT2D eigenvalue weighted by molar-refractivity contribution is 7.92. The molecule has 32 heavy (non-hydrogen) atoms. The number of nitrogens with one attached hydrogen (secondary N) is 3. The van der Waals surface area contributed by atoms with Crippen molar-refractivity contribution in [1.29, 1.82) is 0 Å². The van der Waals surface area contributed by atoms with E-state index in [1.165, 1.54) is 0 Å². The van der Waals surface area contributed by atoms with E-state index in [9.17, 15) is 13.2 Å². The van der Waals surface area contributed by atoms with Gasteiger partial charge in [-0.15, -0.1) is 0 Å². The summed E-state index contributed by atoms with van der Waals surface area (Å²) in [6, 6.07) is 9.02. The van der Waals surface area contributed by atoms with Crippen molar-refractivity contribution >= 4 is 27.3 Å². The molecule has 0 saturated carbocycles. The van der Waals surface area contributed by atoms with Crippen LogP contribution in [0.2, 0.25) is 0 Å². The molecule has 8 heteroatoms. The molecule has 1 heterocycles. The lowest BCUT2D eigenvalue weighted by molar-refractivity contribution is 0.0939. The summed E-state index contributed by atoms with van der Waals surface area (Å²) < 4.78 is 29.7. The second-order valence-electron chi connectivity index (χ2n) is 8.59. The van der Waals surface area contributed by atoms with E-state index in [0.717, 1.165) is 43.9 Å². The number of carbonyl (C=O) groups is 1. The van der Waals surface area contributed by atoms with E-state index in [2.05, 4.69) is 20.3 Å². The first-order chi connectivity index (χ1) is 15.1. The summed E-state index contributed by atoms with van der Waals surface area (Å²) in [5, 5.41) is 6.26. The molecule has 1 amide bonds. The molecule has 0 radical (unpaired) electrons. The van der Waals surface area contributed by atoms with Crippen LogP contribution in [0, 0.1) is 20.8 Å². The number of piperazine rings is 1. The molecular formula is C24H34N4O3S. The summed E-state index contributed by atoms with van der Waals surface area (Å²) in [4.78, 5) is 15.1. The highest BCUT2D eigenvalue weighted by Crippen LogP contribution is 2.31. The molecule has 0 aromatic heterocycles. The maximum absolute atomic E-state index is 13.5. The third kappa shape index (κ3) is 5.42. The molecule has 2 aromatic carbocycles. The molecule has 1 atom stereocenters. The quantitative estimate of drug-likeness (QED) is 0.592. The maximum atomic E-state index is 13.5. The van der Waals surface area contributed by atoms with Crippen molar-refractivity contribution < 1.29 is 13.2 Å². The fraction of sp³-hybridized carbons (Fsp3) is 0.458. The normalized spacial score (nSPS) is 15.3. The van der Waals surface area contributed by atoms with Crippen LogP contribution in [0.4, 0.5) is 11.4 Å². The molecule has 1 aliphatic heterocycles. The number of sulfonamides is 1. The van der Waals surface area contributed by atoms with Gasteiger partial charge >= 0.3 is 0 Å². The summed E-state index contributed by atoms with van der Waals surface area (Å²) in [6.07, 6.45) is 0.816. The molecule has 1 fully saturated rings. The van der Waals surface area contributed by atoms with Gasteiger partial charge in [0.1, 0.15) is 0 Å². The summed E-state index contributed by atoms with van der Waals surface area (Å²) >= 11 is 0. The van der Waals surface area contributed by atoms with Gasteiger partial charge in [-0.2, -0.15) is 0 Å². The second-order valence-corrected chi connectivity index (χ2v) is 10.2. The minimum atomic E-state index is -3.85. The van der Waals surface area contributed by atoms with Crippen LogP contribution >= 0.6 is 0 Å². The van der Waals surface area contributed by atoms with Gasteiger partial charge in [-0.1, -0.05) is 24.6 Å². The van der Waals surface area contributed by atoms with Crippen molar-refractivity contribution in [2.45, 2.75) is 52.0 Å². The van der Waals surface area contributed by atoms with Crippen LogP contribution in [-0.2, 0) is 10.0 Å². The van der Waals surface area contributed by atoms with E-state index in [0.29, 0.717) is 22.4 Å². The lowest BCUT2D eigenvalue weighted by Crippen LogP contribution is -2.43. The number of nitrogens with zero attached hydrogens (tertiary/aromatic N) is 1. The number of rotatable bonds is 7. The van der Waals surface area contributed by atoms with Crippen LogP contribution in [0.3, 0.4) is 0 Å². The number of hydrogen-bond donors (Lipinski definition) is 3. The first kappa shape index (κ1) is 24.1. The molecule has 0 unspecified atom stereocenters. The van der Waals surface area contributed by atoms with Crippen molar-refractivity contribution in [3.8, 4) is 0 Å². The summed E-state index contributed by atoms with van der Waals surface area (Å²) in [5.41, 5.74) is 4.04. The standard InChI is InChI=1S/C24H34N4O3S/c1-6-19(5)26-24(29)20-7-8-22(28-11-9-25-10-12-28)21(15-20)27-32(30,31)23-17(3)13-16(2)14-18(23)4/h7-8,13-15,19,25,27H,6,9-12H2,1-5H3,(H,26,29)/t19-/m0/s1. The van der Waals surface area contributed by atoms with Gasteiger partial charge in [-0.25, -0.2) is 8.42 Å². The number of anilines is 2. The summed E-state index contributed by atoms with van der Waals surface area (Å²) in [6.45, 7) is 12.7. The van der Waals surface area contributed by atoms with Crippen molar-refractivity contribution in [3.63, 3.8) is 0 Å². The summed E-state index contributed by atoms with van der Waals surface area (Å²) in [5.74, 6) is -0.214. The summed E-state index contributed by atoms with van der Waals surface area (Å²) in [7, 11) is -3.85. The zero-order chi connectivity index (χ0) is 23.5. The van der Waals surface area contributed by atoms with Crippen LogP contribution in [0.5, 0.6) is 0 Å². The topological polar surface area (TPSA) is 90.5 Å². The fourth-order valence-electron chi connectivity index (χ4n) is 4.14. The molecule has 3 rings (SSSR count). The first-order valence-electron chi connectivity index (χ1n) is 11.1. The van der Waals surface area contributed by atoms with Gasteiger partial charge < -0.3 is 15.5 Å². The number of benzene rings is 2. The monoisotopic (exact) mass is 458 g/mol. The van der Waals surface area contributed by atoms with Crippen LogP contribution in [-0.4, -0.2) is 46.5 Å². The lowest BCUT2D eigenvalue weighted by Gasteiger charge is -2.31. The molecule has 3 N–H and O–H groups in total. The van der Waals surface area contributed by atoms with Crippen LogP contribution in [0.15, 0.2) is 35.2 Å². The molecule has 174 valence electrons. The second kappa shape index (κ2) is 9.92. The third-order valence-electron chi connectivity index (χ3n) is 5.82.